The summed E-state index contributed by atoms with van der Waals surface area (Å²) in [6.07, 6.45) is 1.05. The van der Waals surface area contributed by atoms with Gasteiger partial charge in [-0.3, -0.25) is 4.79 Å². The summed E-state index contributed by atoms with van der Waals surface area (Å²) in [5.41, 5.74) is -0.602. The quantitative estimate of drug-likeness (QED) is 0.776. The molecule has 1 saturated carbocycles. The van der Waals surface area contributed by atoms with Gasteiger partial charge in [-0.05, 0) is 46.5 Å². The molecule has 1 aliphatic rings. The second kappa shape index (κ2) is 7.64. The number of nitrogens with one attached hydrogen (secondary N) is 1. The molecule has 122 valence electrons. The van der Waals surface area contributed by atoms with Gasteiger partial charge in [-0.25, -0.2) is 4.79 Å². The van der Waals surface area contributed by atoms with Gasteiger partial charge < -0.3 is 19.9 Å². The van der Waals surface area contributed by atoms with Gasteiger partial charge in [-0.1, -0.05) is 6.92 Å². The van der Waals surface area contributed by atoms with Crippen molar-refractivity contribution < 1.29 is 24.2 Å². The molecule has 0 aliphatic heterocycles. The highest BCUT2D eigenvalue weighted by atomic mass is 16.6. The average Bonchev–Trinajstić information content (AvgIpc) is 2.33. The number of alkyl carbamates (subject to hydrolysis) is 1. The van der Waals surface area contributed by atoms with E-state index in [1.54, 1.807) is 20.8 Å². The van der Waals surface area contributed by atoms with Crippen LogP contribution in [0.2, 0.25) is 0 Å². The van der Waals surface area contributed by atoms with Crippen LogP contribution < -0.4 is 5.32 Å². The molecule has 0 spiro atoms. The first-order chi connectivity index (χ1) is 9.73. The fourth-order valence-corrected chi connectivity index (χ4v) is 2.36. The van der Waals surface area contributed by atoms with Crippen molar-refractivity contribution in [3.63, 3.8) is 0 Å². The lowest BCUT2D eigenvalue weighted by atomic mass is 9.83. The first-order valence-corrected chi connectivity index (χ1v) is 7.57. The summed E-state index contributed by atoms with van der Waals surface area (Å²) in [6.45, 7) is 7.62. The highest BCUT2D eigenvalue weighted by Gasteiger charge is 2.37. The molecule has 1 fully saturated rings. The summed E-state index contributed by atoms with van der Waals surface area (Å²) in [4.78, 5) is 23.9. The monoisotopic (exact) mass is 301 g/mol. The molecule has 1 amide bonds. The van der Waals surface area contributed by atoms with Crippen LogP contribution in [-0.2, 0) is 14.3 Å². The molecule has 0 aromatic rings. The second-order valence-corrected chi connectivity index (χ2v) is 6.49. The molecule has 0 aromatic carbocycles. The summed E-state index contributed by atoms with van der Waals surface area (Å²) < 4.78 is 10.4. The Hall–Kier alpha value is -1.30. The summed E-state index contributed by atoms with van der Waals surface area (Å²) in [5.74, 6) is -0.739. The van der Waals surface area contributed by atoms with E-state index in [2.05, 4.69) is 5.32 Å². The highest BCUT2D eigenvalue weighted by Crippen LogP contribution is 2.26. The lowest BCUT2D eigenvalue weighted by molar-refractivity contribution is -0.151. The summed E-state index contributed by atoms with van der Waals surface area (Å²) in [6, 6.07) is -0.451. The summed E-state index contributed by atoms with van der Waals surface area (Å²) >= 11 is 0. The Kier molecular flexibility index (Phi) is 6.45. The van der Waals surface area contributed by atoms with Gasteiger partial charge in [0.2, 0.25) is 0 Å². The Morgan fingerprint density at radius 3 is 2.52 bits per heavy atom. The molecule has 6 heteroatoms. The topological polar surface area (TPSA) is 84.9 Å². The third-order valence-corrected chi connectivity index (χ3v) is 3.28. The Balaban J connectivity index is 2.64. The van der Waals surface area contributed by atoms with Gasteiger partial charge >= 0.3 is 12.1 Å². The first kappa shape index (κ1) is 17.8. The van der Waals surface area contributed by atoms with E-state index in [-0.39, 0.29) is 5.97 Å². The van der Waals surface area contributed by atoms with E-state index >= 15 is 0 Å². The average molecular weight is 301 g/mol. The van der Waals surface area contributed by atoms with Crippen LogP contribution >= 0.6 is 0 Å². The Labute approximate surface area is 126 Å². The molecule has 0 heterocycles. The number of rotatable bonds is 4. The van der Waals surface area contributed by atoms with Crippen molar-refractivity contribution >= 4 is 12.1 Å². The van der Waals surface area contributed by atoms with Crippen molar-refractivity contribution in [2.75, 3.05) is 6.61 Å². The zero-order chi connectivity index (χ0) is 16.0. The fourth-order valence-electron chi connectivity index (χ4n) is 2.36. The minimum absolute atomic E-state index is 0.315. The third kappa shape index (κ3) is 6.33. The van der Waals surface area contributed by atoms with E-state index < -0.39 is 29.8 Å². The zero-order valence-electron chi connectivity index (χ0n) is 13.3. The number of hydrogen-bond donors (Lipinski definition) is 2. The fraction of sp³-hybridized carbons (Fsp3) is 0.867. The zero-order valence-corrected chi connectivity index (χ0v) is 13.3. The van der Waals surface area contributed by atoms with Gasteiger partial charge in [0.05, 0.1) is 18.6 Å². The van der Waals surface area contributed by atoms with Gasteiger partial charge in [-0.15, -0.1) is 0 Å². The first-order valence-electron chi connectivity index (χ1n) is 7.57. The van der Waals surface area contributed by atoms with Crippen LogP contribution in [0, 0.1) is 5.92 Å². The molecular formula is C15H27NO5. The van der Waals surface area contributed by atoms with Crippen LogP contribution in [0.3, 0.4) is 0 Å². The third-order valence-electron chi connectivity index (χ3n) is 3.28. The number of hydrogen-bond acceptors (Lipinski definition) is 5. The standard InChI is InChI=1S/C15H27NO5/c1-5-8-20-13(18)11-7-6-10(17)9-12(11)16-14(19)21-15(2,3)4/h10-12,17H,5-9H2,1-4H3,(H,16,19)/t10-,11-,12-/m0/s1. The van der Waals surface area contributed by atoms with Gasteiger partial charge in [0, 0.05) is 6.04 Å². The minimum Gasteiger partial charge on any atom is -0.465 e. The van der Waals surface area contributed by atoms with Crippen LogP contribution in [0.4, 0.5) is 4.79 Å². The van der Waals surface area contributed by atoms with E-state index in [0.717, 1.165) is 6.42 Å². The van der Waals surface area contributed by atoms with E-state index in [1.165, 1.54) is 0 Å². The number of aliphatic hydroxyl groups excluding tert-OH is 1. The van der Waals surface area contributed by atoms with Gasteiger partial charge in [0.25, 0.3) is 0 Å². The molecule has 6 nitrogen and oxygen atoms in total. The van der Waals surface area contributed by atoms with Crippen LogP contribution in [0.1, 0.15) is 53.4 Å². The highest BCUT2D eigenvalue weighted by molar-refractivity contribution is 5.75. The predicted octanol–water partition coefficient (Wildman–Crippen LogP) is 1.99. The van der Waals surface area contributed by atoms with Crippen LogP contribution in [-0.4, -0.2) is 41.5 Å². The normalized spacial score (nSPS) is 26.0. The maximum absolute atomic E-state index is 12.0. The molecule has 0 aromatic heterocycles. The minimum atomic E-state index is -0.602. The summed E-state index contributed by atoms with van der Waals surface area (Å²) in [5, 5.41) is 12.4. The van der Waals surface area contributed by atoms with Gasteiger partial charge in [0.15, 0.2) is 0 Å². The predicted molar refractivity (Wildman–Crippen MR) is 77.8 cm³/mol. The van der Waals surface area contributed by atoms with Crippen molar-refractivity contribution in [3.8, 4) is 0 Å². The van der Waals surface area contributed by atoms with Crippen molar-refractivity contribution in [1.29, 1.82) is 0 Å². The van der Waals surface area contributed by atoms with E-state index in [4.69, 9.17) is 9.47 Å². The number of aliphatic hydroxyl groups is 1. The molecular weight excluding hydrogens is 274 g/mol. The number of carbonyl (C=O) groups is 2. The van der Waals surface area contributed by atoms with Crippen LogP contribution in [0.5, 0.6) is 0 Å². The second-order valence-electron chi connectivity index (χ2n) is 6.49. The van der Waals surface area contributed by atoms with Gasteiger partial charge in [-0.2, -0.15) is 0 Å². The molecule has 3 atom stereocenters. The molecule has 0 unspecified atom stereocenters. The van der Waals surface area contributed by atoms with Crippen LogP contribution in [0.15, 0.2) is 0 Å². The molecule has 1 aliphatic carbocycles. The number of amides is 1. The number of esters is 1. The van der Waals surface area contributed by atoms with Gasteiger partial charge in [0.1, 0.15) is 5.60 Å². The largest absolute Gasteiger partial charge is 0.465 e. The molecule has 1 rings (SSSR count). The Morgan fingerprint density at radius 2 is 1.95 bits per heavy atom. The maximum Gasteiger partial charge on any atom is 0.407 e. The van der Waals surface area contributed by atoms with Crippen molar-refractivity contribution in [2.45, 2.75) is 71.1 Å². The molecule has 0 bridgehead atoms. The lowest BCUT2D eigenvalue weighted by Gasteiger charge is -2.33. The SMILES string of the molecule is CCCOC(=O)[C@H]1CC[C@H](O)C[C@@H]1NC(=O)OC(C)(C)C. The van der Waals surface area contributed by atoms with Crippen molar-refractivity contribution in [2.24, 2.45) is 5.92 Å². The summed E-state index contributed by atoms with van der Waals surface area (Å²) in [7, 11) is 0. The Morgan fingerprint density at radius 1 is 1.29 bits per heavy atom. The maximum atomic E-state index is 12.0. The van der Waals surface area contributed by atoms with Crippen molar-refractivity contribution in [1.82, 2.24) is 5.32 Å². The molecule has 0 saturated heterocycles. The lowest BCUT2D eigenvalue weighted by Crippen LogP contribution is -2.49. The molecule has 2 N–H and O–H groups in total. The molecule has 21 heavy (non-hydrogen) atoms. The number of ether oxygens (including phenoxy) is 2. The van der Waals surface area contributed by atoms with E-state index in [1.807, 2.05) is 6.92 Å². The smallest absolute Gasteiger partial charge is 0.407 e. The van der Waals surface area contributed by atoms with Crippen molar-refractivity contribution in [3.05, 3.63) is 0 Å². The Bertz CT molecular complexity index is 364. The van der Waals surface area contributed by atoms with E-state index in [9.17, 15) is 14.7 Å². The van der Waals surface area contributed by atoms with E-state index in [0.29, 0.717) is 25.9 Å². The van der Waals surface area contributed by atoms with Crippen LogP contribution in [0.25, 0.3) is 0 Å². The molecule has 0 radical (unpaired) electrons. The number of carbonyl (C=O) groups excluding carboxylic acids is 2.